The Hall–Kier alpha value is -2.12. The van der Waals surface area contributed by atoms with Crippen molar-refractivity contribution >= 4 is 17.5 Å². The van der Waals surface area contributed by atoms with Crippen LogP contribution in [0.1, 0.15) is 24.2 Å². The van der Waals surface area contributed by atoms with Gasteiger partial charge in [-0.2, -0.15) is 0 Å². The number of amides is 2. The highest BCUT2D eigenvalue weighted by atomic mass is 16.3. The molecule has 110 valence electrons. The summed E-state index contributed by atoms with van der Waals surface area (Å²) in [4.78, 5) is 22.8. The van der Waals surface area contributed by atoms with Crippen LogP contribution in [0.5, 0.6) is 5.75 Å². The topological polar surface area (TPSA) is 125 Å². The van der Waals surface area contributed by atoms with Gasteiger partial charge in [0.05, 0.1) is 18.8 Å². The van der Waals surface area contributed by atoms with Gasteiger partial charge in [-0.15, -0.1) is 0 Å². The molecule has 1 aromatic rings. The maximum atomic E-state index is 12.0. The second-order valence-corrected chi connectivity index (χ2v) is 5.04. The van der Waals surface area contributed by atoms with Crippen molar-refractivity contribution in [2.75, 3.05) is 18.5 Å². The van der Waals surface area contributed by atoms with Gasteiger partial charge < -0.3 is 26.6 Å². The number of urea groups is 1. The smallest absolute Gasteiger partial charge is 0.316 e. The first kappa shape index (κ1) is 15.9. The Kier molecular flexibility index (Phi) is 5.06. The molecule has 0 aliphatic heterocycles. The van der Waals surface area contributed by atoms with Crippen LogP contribution in [0.25, 0.3) is 0 Å². The number of aliphatic hydroxyl groups is 1. The summed E-state index contributed by atoms with van der Waals surface area (Å²) in [6.07, 6.45) is 0. The zero-order valence-corrected chi connectivity index (χ0v) is 11.4. The van der Waals surface area contributed by atoms with E-state index in [2.05, 4.69) is 10.6 Å². The Labute approximate surface area is 116 Å². The third-order valence-corrected chi connectivity index (χ3v) is 2.70. The van der Waals surface area contributed by atoms with Crippen molar-refractivity contribution in [3.05, 3.63) is 23.8 Å². The number of ketones is 1. The minimum absolute atomic E-state index is 0.0222. The largest absolute Gasteiger partial charge is 0.506 e. The van der Waals surface area contributed by atoms with E-state index < -0.39 is 11.6 Å². The molecule has 2 amide bonds. The summed E-state index contributed by atoms with van der Waals surface area (Å²) in [6.45, 7) is 3.44. The summed E-state index contributed by atoms with van der Waals surface area (Å²) in [5.74, 6) is -0.414. The SMILES string of the molecule is CC(C)(CO)NCC(=O)c1ccc(O)c(NC(N)=O)c1. The van der Waals surface area contributed by atoms with Gasteiger partial charge in [0.15, 0.2) is 5.78 Å². The Morgan fingerprint density at radius 1 is 1.35 bits per heavy atom. The molecular formula is C13H19N3O4. The lowest BCUT2D eigenvalue weighted by Crippen LogP contribution is -2.45. The summed E-state index contributed by atoms with van der Waals surface area (Å²) >= 11 is 0. The van der Waals surface area contributed by atoms with Crippen LogP contribution in [0.2, 0.25) is 0 Å². The summed E-state index contributed by atoms with van der Waals surface area (Å²) in [7, 11) is 0. The number of benzene rings is 1. The zero-order valence-electron chi connectivity index (χ0n) is 11.4. The average Bonchev–Trinajstić information content (AvgIpc) is 2.38. The number of anilines is 1. The van der Waals surface area contributed by atoms with Gasteiger partial charge in [0, 0.05) is 11.1 Å². The van der Waals surface area contributed by atoms with E-state index in [1.807, 2.05) is 0 Å². The first-order valence-electron chi connectivity index (χ1n) is 6.04. The Balaban J connectivity index is 2.81. The van der Waals surface area contributed by atoms with Crippen molar-refractivity contribution in [3.63, 3.8) is 0 Å². The highest BCUT2D eigenvalue weighted by Crippen LogP contribution is 2.24. The normalized spacial score (nSPS) is 11.2. The quantitative estimate of drug-likeness (QED) is 0.382. The minimum Gasteiger partial charge on any atom is -0.506 e. The molecule has 7 nitrogen and oxygen atoms in total. The van der Waals surface area contributed by atoms with Crippen LogP contribution in [-0.2, 0) is 0 Å². The maximum Gasteiger partial charge on any atom is 0.316 e. The Morgan fingerprint density at radius 2 is 2.00 bits per heavy atom. The molecule has 0 bridgehead atoms. The lowest BCUT2D eigenvalue weighted by atomic mass is 10.1. The van der Waals surface area contributed by atoms with E-state index in [1.54, 1.807) is 13.8 Å². The van der Waals surface area contributed by atoms with E-state index in [0.29, 0.717) is 5.56 Å². The van der Waals surface area contributed by atoms with E-state index in [1.165, 1.54) is 18.2 Å². The van der Waals surface area contributed by atoms with Gasteiger partial charge in [0.2, 0.25) is 0 Å². The molecule has 0 aromatic heterocycles. The van der Waals surface area contributed by atoms with Crippen LogP contribution in [0.3, 0.4) is 0 Å². The fourth-order valence-corrected chi connectivity index (χ4v) is 1.42. The van der Waals surface area contributed by atoms with Crippen molar-refractivity contribution < 1.29 is 19.8 Å². The Bertz CT molecular complexity index is 514. The Morgan fingerprint density at radius 3 is 2.55 bits per heavy atom. The molecule has 0 unspecified atom stereocenters. The molecule has 0 saturated heterocycles. The number of Topliss-reactive ketones (excluding diaryl/α,β-unsaturated/α-hetero) is 1. The predicted octanol–water partition coefficient (Wildman–Crippen LogP) is 0.426. The standard InChI is InChI=1S/C13H19N3O4/c1-13(2,7-17)15-6-11(19)8-3-4-10(18)9(5-8)16-12(14)20/h3-5,15,17-18H,6-7H2,1-2H3,(H3,14,16,20). The van der Waals surface area contributed by atoms with Crippen molar-refractivity contribution in [2.24, 2.45) is 5.73 Å². The number of nitrogens with one attached hydrogen (secondary N) is 2. The van der Waals surface area contributed by atoms with Gasteiger partial charge >= 0.3 is 6.03 Å². The number of carbonyl (C=O) groups is 2. The molecule has 20 heavy (non-hydrogen) atoms. The number of primary amides is 1. The summed E-state index contributed by atoms with van der Waals surface area (Å²) in [6, 6.07) is 3.26. The number of aromatic hydroxyl groups is 1. The van der Waals surface area contributed by atoms with Crippen LogP contribution in [-0.4, -0.2) is 40.7 Å². The van der Waals surface area contributed by atoms with E-state index in [-0.39, 0.29) is 30.4 Å². The number of phenols is 1. The molecule has 1 aromatic carbocycles. The van der Waals surface area contributed by atoms with E-state index in [9.17, 15) is 14.7 Å². The van der Waals surface area contributed by atoms with Crippen molar-refractivity contribution in [2.45, 2.75) is 19.4 Å². The molecule has 0 heterocycles. The van der Waals surface area contributed by atoms with Crippen LogP contribution in [0.15, 0.2) is 18.2 Å². The summed E-state index contributed by atoms with van der Waals surface area (Å²) in [5, 5.41) is 23.8. The van der Waals surface area contributed by atoms with Gasteiger partial charge in [0.1, 0.15) is 5.75 Å². The molecule has 0 spiro atoms. The third-order valence-electron chi connectivity index (χ3n) is 2.70. The van der Waals surface area contributed by atoms with Crippen molar-refractivity contribution in [3.8, 4) is 5.75 Å². The number of phenolic OH excluding ortho intramolecular Hbond substituents is 1. The van der Waals surface area contributed by atoms with Gasteiger partial charge in [0.25, 0.3) is 0 Å². The number of carbonyl (C=O) groups excluding carboxylic acids is 2. The van der Waals surface area contributed by atoms with E-state index in [4.69, 9.17) is 10.8 Å². The molecule has 6 N–H and O–H groups in total. The first-order valence-corrected chi connectivity index (χ1v) is 6.04. The first-order chi connectivity index (χ1) is 9.25. The van der Waals surface area contributed by atoms with Gasteiger partial charge in [-0.05, 0) is 32.0 Å². The van der Waals surface area contributed by atoms with Crippen LogP contribution < -0.4 is 16.4 Å². The monoisotopic (exact) mass is 281 g/mol. The number of nitrogens with two attached hydrogens (primary N) is 1. The molecule has 0 aliphatic rings. The second-order valence-electron chi connectivity index (χ2n) is 5.04. The van der Waals surface area contributed by atoms with Gasteiger partial charge in [-0.1, -0.05) is 0 Å². The molecule has 0 fully saturated rings. The van der Waals surface area contributed by atoms with Crippen LogP contribution >= 0.6 is 0 Å². The molecule has 0 saturated carbocycles. The minimum atomic E-state index is -0.829. The van der Waals surface area contributed by atoms with Crippen molar-refractivity contribution in [1.29, 1.82) is 0 Å². The molecule has 0 radical (unpaired) electrons. The number of rotatable bonds is 6. The zero-order chi connectivity index (χ0) is 15.3. The van der Waals surface area contributed by atoms with E-state index >= 15 is 0 Å². The number of hydrogen-bond donors (Lipinski definition) is 5. The fraction of sp³-hybridized carbons (Fsp3) is 0.385. The maximum absolute atomic E-state index is 12.0. The van der Waals surface area contributed by atoms with Crippen LogP contribution in [0.4, 0.5) is 10.5 Å². The van der Waals surface area contributed by atoms with Crippen LogP contribution in [0, 0.1) is 0 Å². The molecule has 7 heteroatoms. The third kappa shape index (κ3) is 4.52. The van der Waals surface area contributed by atoms with Gasteiger partial charge in [-0.3, -0.25) is 4.79 Å². The molecule has 0 aliphatic carbocycles. The number of aliphatic hydroxyl groups excluding tert-OH is 1. The molecule has 0 atom stereocenters. The second kappa shape index (κ2) is 6.36. The summed E-state index contributed by atoms with van der Waals surface area (Å²) in [5.41, 5.74) is 4.79. The highest BCUT2D eigenvalue weighted by Gasteiger charge is 2.18. The van der Waals surface area contributed by atoms with E-state index in [0.717, 1.165) is 0 Å². The van der Waals surface area contributed by atoms with Gasteiger partial charge in [-0.25, -0.2) is 4.79 Å². The lowest BCUT2D eigenvalue weighted by Gasteiger charge is -2.23. The lowest BCUT2D eigenvalue weighted by molar-refractivity contribution is 0.0967. The summed E-state index contributed by atoms with van der Waals surface area (Å²) < 4.78 is 0. The average molecular weight is 281 g/mol. The van der Waals surface area contributed by atoms with Crippen molar-refractivity contribution in [1.82, 2.24) is 5.32 Å². The number of hydrogen-bond acceptors (Lipinski definition) is 5. The fourth-order valence-electron chi connectivity index (χ4n) is 1.42. The highest BCUT2D eigenvalue weighted by molar-refractivity contribution is 6.00. The predicted molar refractivity (Wildman–Crippen MR) is 74.8 cm³/mol. The molecular weight excluding hydrogens is 262 g/mol. The molecule has 1 rings (SSSR count).